The van der Waals surface area contributed by atoms with Gasteiger partial charge in [-0.25, -0.2) is 4.79 Å². The van der Waals surface area contributed by atoms with Crippen molar-refractivity contribution in [2.75, 3.05) is 26.3 Å². The van der Waals surface area contributed by atoms with Crippen LogP contribution < -0.4 is 5.32 Å². The molecule has 0 radical (unpaired) electrons. The molecule has 6 heteroatoms. The van der Waals surface area contributed by atoms with Crippen molar-refractivity contribution in [3.63, 3.8) is 0 Å². The average Bonchev–Trinajstić information content (AvgIpc) is 2.78. The molecule has 2 aliphatic heterocycles. The maximum Gasteiger partial charge on any atom is 0.317 e. The van der Waals surface area contributed by atoms with Crippen LogP contribution in [0.1, 0.15) is 19.8 Å². The molecule has 102 valence electrons. The Bertz CT molecular complexity index is 326. The third-order valence-electron chi connectivity index (χ3n) is 3.78. The smallest absolute Gasteiger partial charge is 0.317 e. The largest absolute Gasteiger partial charge is 0.481 e. The standard InChI is InChI=1S/C12H20N2O4/c1-8-2-4-14(5-3-8)12(17)13-10-7-18-6-9(10)11(15)16/h8-10H,2-7H2,1H3,(H,13,17)(H,15,16). The van der Waals surface area contributed by atoms with Crippen molar-refractivity contribution in [2.24, 2.45) is 11.8 Å². The predicted octanol–water partition coefficient (Wildman–Crippen LogP) is 0.527. The molecule has 2 unspecified atom stereocenters. The first-order valence-electron chi connectivity index (χ1n) is 6.44. The van der Waals surface area contributed by atoms with Gasteiger partial charge in [-0.2, -0.15) is 0 Å². The summed E-state index contributed by atoms with van der Waals surface area (Å²) in [6.45, 7) is 4.14. The average molecular weight is 256 g/mol. The van der Waals surface area contributed by atoms with Crippen molar-refractivity contribution in [3.8, 4) is 0 Å². The van der Waals surface area contributed by atoms with Crippen LogP contribution in [0.15, 0.2) is 0 Å². The van der Waals surface area contributed by atoms with Crippen molar-refractivity contribution in [2.45, 2.75) is 25.8 Å². The first-order chi connectivity index (χ1) is 8.58. The Kier molecular flexibility index (Phi) is 4.06. The van der Waals surface area contributed by atoms with Crippen LogP contribution in [0.3, 0.4) is 0 Å². The van der Waals surface area contributed by atoms with Crippen LogP contribution in [-0.2, 0) is 9.53 Å². The van der Waals surface area contributed by atoms with E-state index >= 15 is 0 Å². The summed E-state index contributed by atoms with van der Waals surface area (Å²) in [7, 11) is 0. The summed E-state index contributed by atoms with van der Waals surface area (Å²) in [6, 6.07) is -0.571. The van der Waals surface area contributed by atoms with Gasteiger partial charge >= 0.3 is 12.0 Å². The molecule has 0 bridgehead atoms. The number of urea groups is 1. The summed E-state index contributed by atoms with van der Waals surface area (Å²) in [5.74, 6) is -0.877. The summed E-state index contributed by atoms with van der Waals surface area (Å²) < 4.78 is 5.12. The second kappa shape index (κ2) is 5.56. The number of amides is 2. The molecule has 18 heavy (non-hydrogen) atoms. The van der Waals surface area contributed by atoms with Gasteiger partial charge in [-0.05, 0) is 18.8 Å². The van der Waals surface area contributed by atoms with Gasteiger partial charge in [-0.1, -0.05) is 6.92 Å². The molecule has 0 aromatic heterocycles. The third-order valence-corrected chi connectivity index (χ3v) is 3.78. The number of nitrogens with one attached hydrogen (secondary N) is 1. The van der Waals surface area contributed by atoms with E-state index in [9.17, 15) is 9.59 Å². The van der Waals surface area contributed by atoms with Crippen LogP contribution in [-0.4, -0.2) is 54.4 Å². The number of carbonyl (C=O) groups is 2. The number of ether oxygens (including phenoxy) is 1. The quantitative estimate of drug-likeness (QED) is 0.755. The molecule has 2 heterocycles. The van der Waals surface area contributed by atoms with Gasteiger partial charge in [0.05, 0.1) is 19.3 Å². The van der Waals surface area contributed by atoms with Crippen LogP contribution in [0.2, 0.25) is 0 Å². The lowest BCUT2D eigenvalue weighted by atomic mass is 9.99. The van der Waals surface area contributed by atoms with E-state index in [1.54, 1.807) is 4.90 Å². The van der Waals surface area contributed by atoms with Gasteiger partial charge < -0.3 is 20.1 Å². The normalized spacial score (nSPS) is 29.3. The van der Waals surface area contributed by atoms with E-state index in [1.807, 2.05) is 0 Å². The number of rotatable bonds is 2. The first kappa shape index (κ1) is 13.1. The Morgan fingerprint density at radius 3 is 2.56 bits per heavy atom. The lowest BCUT2D eigenvalue weighted by Gasteiger charge is -2.31. The molecular weight excluding hydrogens is 236 g/mol. The van der Waals surface area contributed by atoms with Crippen molar-refractivity contribution in [3.05, 3.63) is 0 Å². The number of carbonyl (C=O) groups excluding carboxylic acids is 1. The van der Waals surface area contributed by atoms with Gasteiger partial charge in [0.2, 0.25) is 0 Å². The SMILES string of the molecule is CC1CCN(C(=O)NC2COCC2C(=O)O)CC1. The van der Waals surface area contributed by atoms with Crippen LogP contribution in [0.4, 0.5) is 4.79 Å². The van der Waals surface area contributed by atoms with Crippen LogP contribution in [0.25, 0.3) is 0 Å². The van der Waals surface area contributed by atoms with E-state index < -0.39 is 17.9 Å². The van der Waals surface area contributed by atoms with Gasteiger partial charge in [0.1, 0.15) is 5.92 Å². The number of piperidine rings is 1. The van der Waals surface area contributed by atoms with Gasteiger partial charge in [0.25, 0.3) is 0 Å². The number of carboxylic acids is 1. The zero-order valence-electron chi connectivity index (χ0n) is 10.6. The molecule has 0 spiro atoms. The molecule has 2 N–H and O–H groups in total. The second-order valence-corrected chi connectivity index (χ2v) is 5.21. The monoisotopic (exact) mass is 256 g/mol. The Labute approximate surface area is 106 Å². The lowest BCUT2D eigenvalue weighted by molar-refractivity contribution is -0.142. The highest BCUT2D eigenvalue weighted by Crippen LogP contribution is 2.18. The molecule has 0 aromatic rings. The molecule has 2 aliphatic rings. The molecule has 0 aliphatic carbocycles. The second-order valence-electron chi connectivity index (χ2n) is 5.21. The van der Waals surface area contributed by atoms with Crippen molar-refractivity contribution in [1.29, 1.82) is 0 Å². The predicted molar refractivity (Wildman–Crippen MR) is 64.2 cm³/mol. The fourth-order valence-electron chi connectivity index (χ4n) is 2.40. The number of nitrogens with zero attached hydrogens (tertiary/aromatic N) is 1. The van der Waals surface area contributed by atoms with Crippen LogP contribution in [0, 0.1) is 11.8 Å². The van der Waals surface area contributed by atoms with Gasteiger partial charge in [-0.3, -0.25) is 4.79 Å². The Morgan fingerprint density at radius 2 is 1.94 bits per heavy atom. The van der Waals surface area contributed by atoms with E-state index in [1.165, 1.54) is 0 Å². The van der Waals surface area contributed by atoms with E-state index in [2.05, 4.69) is 12.2 Å². The Balaban J connectivity index is 1.85. The minimum Gasteiger partial charge on any atom is -0.481 e. The highest BCUT2D eigenvalue weighted by Gasteiger charge is 2.36. The van der Waals surface area contributed by atoms with Crippen LogP contribution in [0.5, 0.6) is 0 Å². The molecule has 2 amide bonds. The summed E-state index contributed by atoms with van der Waals surface area (Å²) in [5, 5.41) is 11.8. The third kappa shape index (κ3) is 2.93. The highest BCUT2D eigenvalue weighted by molar-refractivity contribution is 5.77. The molecule has 0 saturated carbocycles. The Hall–Kier alpha value is -1.30. The molecule has 6 nitrogen and oxygen atoms in total. The fraction of sp³-hybridized carbons (Fsp3) is 0.833. The Morgan fingerprint density at radius 1 is 1.28 bits per heavy atom. The van der Waals surface area contributed by atoms with Gasteiger partial charge in [0, 0.05) is 13.1 Å². The molecule has 2 saturated heterocycles. The minimum atomic E-state index is -0.912. The van der Waals surface area contributed by atoms with Crippen molar-refractivity contribution >= 4 is 12.0 Å². The van der Waals surface area contributed by atoms with E-state index in [-0.39, 0.29) is 19.2 Å². The van der Waals surface area contributed by atoms with E-state index in [4.69, 9.17) is 9.84 Å². The maximum absolute atomic E-state index is 12.0. The topological polar surface area (TPSA) is 78.9 Å². The molecule has 2 atom stereocenters. The lowest BCUT2D eigenvalue weighted by Crippen LogP contribution is -2.50. The summed E-state index contributed by atoms with van der Waals surface area (Å²) in [4.78, 5) is 24.7. The zero-order valence-corrected chi connectivity index (χ0v) is 10.6. The summed E-state index contributed by atoms with van der Waals surface area (Å²) in [5.41, 5.74) is 0. The number of carboxylic acid groups (broad SMARTS) is 1. The number of likely N-dealkylation sites (tertiary alicyclic amines) is 1. The molecule has 2 fully saturated rings. The molecule has 2 rings (SSSR count). The van der Waals surface area contributed by atoms with Crippen molar-refractivity contribution < 1.29 is 19.4 Å². The summed E-state index contributed by atoms with van der Waals surface area (Å²) in [6.07, 6.45) is 2.02. The first-order valence-corrected chi connectivity index (χ1v) is 6.44. The van der Waals surface area contributed by atoms with E-state index in [0.717, 1.165) is 25.9 Å². The van der Waals surface area contributed by atoms with Crippen molar-refractivity contribution in [1.82, 2.24) is 10.2 Å². The number of hydrogen-bond acceptors (Lipinski definition) is 3. The minimum absolute atomic E-state index is 0.163. The van der Waals surface area contributed by atoms with Crippen LogP contribution >= 0.6 is 0 Å². The van der Waals surface area contributed by atoms with Gasteiger partial charge in [0.15, 0.2) is 0 Å². The van der Waals surface area contributed by atoms with E-state index in [0.29, 0.717) is 5.92 Å². The van der Waals surface area contributed by atoms with Gasteiger partial charge in [-0.15, -0.1) is 0 Å². The highest BCUT2D eigenvalue weighted by atomic mass is 16.5. The zero-order chi connectivity index (χ0) is 13.1. The molecular formula is C12H20N2O4. The number of hydrogen-bond donors (Lipinski definition) is 2. The number of aliphatic carboxylic acids is 1. The maximum atomic E-state index is 12.0. The molecule has 0 aromatic carbocycles. The summed E-state index contributed by atoms with van der Waals surface area (Å²) >= 11 is 0. The fourth-order valence-corrected chi connectivity index (χ4v) is 2.40.